The highest BCUT2D eigenvalue weighted by Crippen LogP contribution is 2.39. The summed E-state index contributed by atoms with van der Waals surface area (Å²) in [5.74, 6) is 0.444. The van der Waals surface area contributed by atoms with Gasteiger partial charge in [0.15, 0.2) is 0 Å². The van der Waals surface area contributed by atoms with Crippen molar-refractivity contribution in [1.29, 1.82) is 0 Å². The first-order valence-electron chi connectivity index (χ1n) is 6.59. The van der Waals surface area contributed by atoms with Crippen LogP contribution >= 0.6 is 27.5 Å². The quantitative estimate of drug-likeness (QED) is 0.786. The second kappa shape index (κ2) is 6.40. The number of hydrogen-bond donors (Lipinski definition) is 0. The van der Waals surface area contributed by atoms with Crippen molar-refractivity contribution in [3.8, 4) is 0 Å². The van der Waals surface area contributed by atoms with Crippen molar-refractivity contribution in [3.63, 3.8) is 0 Å². The summed E-state index contributed by atoms with van der Waals surface area (Å²) in [6, 6.07) is 0. The van der Waals surface area contributed by atoms with E-state index in [9.17, 15) is 0 Å². The second-order valence-corrected chi connectivity index (χ2v) is 6.73. The van der Waals surface area contributed by atoms with Gasteiger partial charge in [-0.3, -0.25) is 4.68 Å². The number of nitrogens with zero attached hydrogens (tertiary/aromatic N) is 3. The Labute approximate surface area is 123 Å². The van der Waals surface area contributed by atoms with E-state index in [2.05, 4.69) is 44.7 Å². The standard InChI is InChI=1S/C13H21BrClN3/c1-17(2)7-8-18-13(11(14)9-16-18)10-5-3-4-6-12(10)15/h9-10,12H,3-8H2,1-2H3. The van der Waals surface area contributed by atoms with Gasteiger partial charge in [0.2, 0.25) is 0 Å². The summed E-state index contributed by atoms with van der Waals surface area (Å²) in [7, 11) is 4.17. The van der Waals surface area contributed by atoms with Crippen molar-refractivity contribution < 1.29 is 0 Å². The molecule has 3 nitrogen and oxygen atoms in total. The molecule has 1 aromatic heterocycles. The smallest absolute Gasteiger partial charge is 0.0635 e. The summed E-state index contributed by atoms with van der Waals surface area (Å²) in [6.45, 7) is 1.93. The van der Waals surface area contributed by atoms with Crippen LogP contribution in [0.15, 0.2) is 10.7 Å². The van der Waals surface area contributed by atoms with Gasteiger partial charge in [-0.25, -0.2) is 0 Å². The van der Waals surface area contributed by atoms with Crippen molar-refractivity contribution in [2.24, 2.45) is 0 Å². The zero-order chi connectivity index (χ0) is 13.1. The number of likely N-dealkylation sites (N-methyl/N-ethyl adjacent to an activating group) is 1. The molecule has 18 heavy (non-hydrogen) atoms. The van der Waals surface area contributed by atoms with Gasteiger partial charge in [-0.2, -0.15) is 5.10 Å². The first kappa shape index (κ1) is 14.4. The molecule has 1 aromatic rings. The largest absolute Gasteiger partial charge is 0.308 e. The molecular formula is C13H21BrClN3. The third-order valence-electron chi connectivity index (χ3n) is 3.63. The first-order valence-corrected chi connectivity index (χ1v) is 7.82. The lowest BCUT2D eigenvalue weighted by atomic mass is 9.86. The zero-order valence-corrected chi connectivity index (χ0v) is 13.4. The maximum absolute atomic E-state index is 6.51. The number of rotatable bonds is 4. The molecule has 1 saturated carbocycles. The fourth-order valence-electron chi connectivity index (χ4n) is 2.61. The number of halogens is 2. The van der Waals surface area contributed by atoms with Crippen molar-refractivity contribution in [2.45, 2.75) is 43.5 Å². The van der Waals surface area contributed by atoms with Crippen LogP contribution in [0, 0.1) is 0 Å². The SMILES string of the molecule is CN(C)CCn1ncc(Br)c1C1CCCCC1Cl. The van der Waals surface area contributed by atoms with Crippen LogP contribution in [0.4, 0.5) is 0 Å². The van der Waals surface area contributed by atoms with E-state index >= 15 is 0 Å². The van der Waals surface area contributed by atoms with Gasteiger partial charge < -0.3 is 4.90 Å². The fourth-order valence-corrected chi connectivity index (χ4v) is 3.60. The van der Waals surface area contributed by atoms with Crippen LogP contribution in [-0.4, -0.2) is 40.7 Å². The summed E-state index contributed by atoms with van der Waals surface area (Å²) in [5, 5.41) is 4.74. The molecule has 2 unspecified atom stereocenters. The van der Waals surface area contributed by atoms with Crippen molar-refractivity contribution in [2.75, 3.05) is 20.6 Å². The molecule has 1 fully saturated rings. The molecule has 0 bridgehead atoms. The summed E-state index contributed by atoms with van der Waals surface area (Å²) in [6.07, 6.45) is 6.74. The molecule has 102 valence electrons. The Kier molecular flexibility index (Phi) is 5.10. The Morgan fingerprint density at radius 1 is 1.44 bits per heavy atom. The van der Waals surface area contributed by atoms with E-state index in [-0.39, 0.29) is 5.38 Å². The molecule has 0 radical (unpaired) electrons. The Morgan fingerprint density at radius 2 is 2.17 bits per heavy atom. The van der Waals surface area contributed by atoms with Gasteiger partial charge in [-0.15, -0.1) is 11.6 Å². The molecule has 0 spiro atoms. The van der Waals surface area contributed by atoms with Crippen molar-refractivity contribution >= 4 is 27.5 Å². The molecule has 0 N–H and O–H groups in total. The molecule has 2 rings (SSSR count). The van der Waals surface area contributed by atoms with Gasteiger partial charge in [-0.05, 0) is 42.9 Å². The molecule has 0 aliphatic heterocycles. The van der Waals surface area contributed by atoms with Crippen LogP contribution < -0.4 is 0 Å². The molecule has 1 heterocycles. The number of alkyl halides is 1. The van der Waals surface area contributed by atoms with Crippen LogP contribution in [0.25, 0.3) is 0 Å². The molecular weight excluding hydrogens is 314 g/mol. The van der Waals surface area contributed by atoms with E-state index in [4.69, 9.17) is 11.6 Å². The second-order valence-electron chi connectivity index (χ2n) is 5.31. The van der Waals surface area contributed by atoms with Crippen LogP contribution in [0.5, 0.6) is 0 Å². The Hall–Kier alpha value is -0.0600. The minimum absolute atomic E-state index is 0.254. The lowest BCUT2D eigenvalue weighted by Crippen LogP contribution is -2.25. The monoisotopic (exact) mass is 333 g/mol. The normalized spacial score (nSPS) is 24.7. The lowest BCUT2D eigenvalue weighted by Gasteiger charge is -2.28. The van der Waals surface area contributed by atoms with Crippen LogP contribution in [-0.2, 0) is 6.54 Å². The lowest BCUT2D eigenvalue weighted by molar-refractivity contribution is 0.357. The van der Waals surface area contributed by atoms with Crippen LogP contribution in [0.1, 0.15) is 37.3 Å². The minimum atomic E-state index is 0.254. The molecule has 0 aromatic carbocycles. The van der Waals surface area contributed by atoms with E-state index in [1.807, 2.05) is 6.20 Å². The van der Waals surface area contributed by atoms with Gasteiger partial charge >= 0.3 is 0 Å². The Bertz CT molecular complexity index is 392. The first-order chi connectivity index (χ1) is 8.59. The van der Waals surface area contributed by atoms with E-state index in [0.717, 1.165) is 24.0 Å². The number of aromatic nitrogens is 2. The predicted molar refractivity (Wildman–Crippen MR) is 79.3 cm³/mol. The van der Waals surface area contributed by atoms with Crippen LogP contribution in [0.3, 0.4) is 0 Å². The zero-order valence-electron chi connectivity index (χ0n) is 11.1. The topological polar surface area (TPSA) is 21.1 Å². The molecule has 1 aliphatic carbocycles. The molecule has 5 heteroatoms. The van der Waals surface area contributed by atoms with E-state index in [0.29, 0.717) is 5.92 Å². The van der Waals surface area contributed by atoms with Gasteiger partial charge in [0.25, 0.3) is 0 Å². The van der Waals surface area contributed by atoms with E-state index < -0.39 is 0 Å². The summed E-state index contributed by atoms with van der Waals surface area (Å²) in [4.78, 5) is 2.18. The molecule has 0 saturated heterocycles. The van der Waals surface area contributed by atoms with Crippen molar-refractivity contribution in [3.05, 3.63) is 16.4 Å². The maximum atomic E-state index is 6.51. The third-order valence-corrected chi connectivity index (χ3v) is 4.76. The average molecular weight is 335 g/mol. The maximum Gasteiger partial charge on any atom is 0.0635 e. The molecule has 1 aliphatic rings. The summed E-state index contributed by atoms with van der Waals surface area (Å²) in [5.41, 5.74) is 1.29. The van der Waals surface area contributed by atoms with Gasteiger partial charge in [0.1, 0.15) is 0 Å². The predicted octanol–water partition coefficient (Wildman–Crippen LogP) is 3.47. The highest BCUT2D eigenvalue weighted by Gasteiger charge is 2.29. The minimum Gasteiger partial charge on any atom is -0.308 e. The fraction of sp³-hybridized carbons (Fsp3) is 0.769. The Balaban J connectivity index is 2.17. The third kappa shape index (κ3) is 3.28. The van der Waals surface area contributed by atoms with E-state index in [1.165, 1.54) is 25.0 Å². The van der Waals surface area contributed by atoms with Gasteiger partial charge in [0.05, 0.1) is 22.9 Å². The summed E-state index contributed by atoms with van der Waals surface area (Å²) < 4.78 is 3.23. The van der Waals surface area contributed by atoms with Gasteiger partial charge in [-0.1, -0.05) is 12.8 Å². The highest BCUT2D eigenvalue weighted by atomic mass is 79.9. The number of hydrogen-bond acceptors (Lipinski definition) is 2. The van der Waals surface area contributed by atoms with E-state index in [1.54, 1.807) is 0 Å². The highest BCUT2D eigenvalue weighted by molar-refractivity contribution is 9.10. The van der Waals surface area contributed by atoms with Gasteiger partial charge in [0, 0.05) is 17.8 Å². The molecule has 0 amide bonds. The summed E-state index contributed by atoms with van der Waals surface area (Å²) >= 11 is 10.1. The molecule has 2 atom stereocenters. The van der Waals surface area contributed by atoms with Crippen LogP contribution in [0.2, 0.25) is 0 Å². The van der Waals surface area contributed by atoms with Crippen molar-refractivity contribution in [1.82, 2.24) is 14.7 Å². The Morgan fingerprint density at radius 3 is 2.83 bits per heavy atom. The average Bonchev–Trinajstić information content (AvgIpc) is 2.69.